The SMILES string of the molecule is CCOC(=O)CCCOc1ccc(Br)cc1C(=O)OC. The smallest absolute Gasteiger partial charge is 0.341 e. The lowest BCUT2D eigenvalue weighted by atomic mass is 10.2. The van der Waals surface area contributed by atoms with Crippen molar-refractivity contribution < 1.29 is 23.8 Å². The molecule has 20 heavy (non-hydrogen) atoms. The summed E-state index contributed by atoms with van der Waals surface area (Å²) < 4.78 is 15.8. The molecule has 0 unspecified atom stereocenters. The highest BCUT2D eigenvalue weighted by atomic mass is 79.9. The zero-order chi connectivity index (χ0) is 15.0. The van der Waals surface area contributed by atoms with Crippen molar-refractivity contribution >= 4 is 27.9 Å². The lowest BCUT2D eigenvalue weighted by molar-refractivity contribution is -0.143. The molecule has 0 saturated carbocycles. The van der Waals surface area contributed by atoms with E-state index in [4.69, 9.17) is 14.2 Å². The predicted octanol–water partition coefficient (Wildman–Crippen LogP) is 2.96. The standard InChI is InChI=1S/C14H17BrO5/c1-3-19-13(16)5-4-8-20-12-7-6-10(15)9-11(12)14(17)18-2/h6-7,9H,3-5,8H2,1-2H3. The van der Waals surface area contributed by atoms with Crippen LogP contribution in [0, 0.1) is 0 Å². The number of methoxy groups -OCH3 is 1. The molecular formula is C14H17BrO5. The summed E-state index contributed by atoms with van der Waals surface area (Å²) in [6.45, 7) is 2.46. The molecule has 1 aromatic rings. The van der Waals surface area contributed by atoms with Gasteiger partial charge in [-0.3, -0.25) is 4.79 Å². The van der Waals surface area contributed by atoms with Crippen LogP contribution in [0.25, 0.3) is 0 Å². The number of rotatable bonds is 7. The van der Waals surface area contributed by atoms with Gasteiger partial charge in [-0.15, -0.1) is 0 Å². The van der Waals surface area contributed by atoms with E-state index in [0.717, 1.165) is 4.47 Å². The number of carbonyl (C=O) groups is 2. The van der Waals surface area contributed by atoms with Crippen LogP contribution >= 0.6 is 15.9 Å². The topological polar surface area (TPSA) is 61.8 Å². The van der Waals surface area contributed by atoms with Gasteiger partial charge in [0.2, 0.25) is 0 Å². The molecule has 5 nitrogen and oxygen atoms in total. The molecule has 0 heterocycles. The molecule has 0 aromatic heterocycles. The first-order valence-electron chi connectivity index (χ1n) is 6.24. The number of esters is 2. The van der Waals surface area contributed by atoms with Gasteiger partial charge in [-0.1, -0.05) is 15.9 Å². The van der Waals surface area contributed by atoms with Crippen molar-refractivity contribution in [2.24, 2.45) is 0 Å². The van der Waals surface area contributed by atoms with Gasteiger partial charge in [0.15, 0.2) is 0 Å². The Morgan fingerprint density at radius 2 is 2.05 bits per heavy atom. The van der Waals surface area contributed by atoms with E-state index in [9.17, 15) is 9.59 Å². The fraction of sp³-hybridized carbons (Fsp3) is 0.429. The first-order chi connectivity index (χ1) is 9.58. The second kappa shape index (κ2) is 8.58. The van der Waals surface area contributed by atoms with E-state index in [0.29, 0.717) is 30.9 Å². The normalized spacial score (nSPS) is 9.95. The van der Waals surface area contributed by atoms with E-state index in [1.165, 1.54) is 7.11 Å². The number of carbonyl (C=O) groups excluding carboxylic acids is 2. The van der Waals surface area contributed by atoms with Gasteiger partial charge in [0, 0.05) is 10.9 Å². The molecule has 0 saturated heterocycles. The molecule has 0 atom stereocenters. The van der Waals surface area contributed by atoms with Crippen molar-refractivity contribution in [1.82, 2.24) is 0 Å². The monoisotopic (exact) mass is 344 g/mol. The van der Waals surface area contributed by atoms with Crippen LogP contribution in [0.1, 0.15) is 30.1 Å². The van der Waals surface area contributed by atoms with Crippen LogP contribution in [0.5, 0.6) is 5.75 Å². The van der Waals surface area contributed by atoms with Crippen LogP contribution in [0.15, 0.2) is 22.7 Å². The van der Waals surface area contributed by atoms with Crippen LogP contribution < -0.4 is 4.74 Å². The van der Waals surface area contributed by atoms with Gasteiger partial charge in [0.25, 0.3) is 0 Å². The van der Waals surface area contributed by atoms with Crippen molar-refractivity contribution in [1.29, 1.82) is 0 Å². The molecule has 0 N–H and O–H groups in total. The number of benzene rings is 1. The number of hydrogen-bond donors (Lipinski definition) is 0. The summed E-state index contributed by atoms with van der Waals surface area (Å²) in [6.07, 6.45) is 0.813. The summed E-state index contributed by atoms with van der Waals surface area (Å²) >= 11 is 3.29. The van der Waals surface area contributed by atoms with Crippen LogP contribution in [0.3, 0.4) is 0 Å². The third-order valence-electron chi connectivity index (χ3n) is 2.44. The molecule has 0 aliphatic rings. The highest BCUT2D eigenvalue weighted by Gasteiger charge is 2.13. The highest BCUT2D eigenvalue weighted by molar-refractivity contribution is 9.10. The minimum absolute atomic E-state index is 0.250. The Kier molecular flexibility index (Phi) is 7.08. The maximum Gasteiger partial charge on any atom is 0.341 e. The second-order valence-electron chi connectivity index (χ2n) is 3.89. The van der Waals surface area contributed by atoms with Gasteiger partial charge in [-0.2, -0.15) is 0 Å². The maximum atomic E-state index is 11.6. The van der Waals surface area contributed by atoms with E-state index in [2.05, 4.69) is 15.9 Å². The van der Waals surface area contributed by atoms with E-state index in [-0.39, 0.29) is 12.4 Å². The zero-order valence-corrected chi connectivity index (χ0v) is 13.1. The predicted molar refractivity (Wildman–Crippen MR) is 76.8 cm³/mol. The fourth-order valence-electron chi connectivity index (χ4n) is 1.53. The quantitative estimate of drug-likeness (QED) is 0.562. The summed E-state index contributed by atoms with van der Waals surface area (Å²) in [5.74, 6) is -0.282. The molecule has 0 fully saturated rings. The van der Waals surface area contributed by atoms with E-state index >= 15 is 0 Å². The zero-order valence-electron chi connectivity index (χ0n) is 11.5. The van der Waals surface area contributed by atoms with Crippen molar-refractivity contribution in [3.63, 3.8) is 0 Å². The van der Waals surface area contributed by atoms with Gasteiger partial charge in [0.05, 0.1) is 20.3 Å². The molecule has 1 aromatic carbocycles. The van der Waals surface area contributed by atoms with Gasteiger partial charge < -0.3 is 14.2 Å². The second-order valence-corrected chi connectivity index (χ2v) is 4.80. The van der Waals surface area contributed by atoms with Crippen LogP contribution in [-0.4, -0.2) is 32.3 Å². The third kappa shape index (κ3) is 5.21. The highest BCUT2D eigenvalue weighted by Crippen LogP contribution is 2.24. The largest absolute Gasteiger partial charge is 0.493 e. The Labute approximate surface area is 126 Å². The molecule has 0 aliphatic heterocycles. The molecule has 0 bridgehead atoms. The molecule has 0 spiro atoms. The van der Waals surface area contributed by atoms with Crippen LogP contribution in [-0.2, 0) is 14.3 Å². The van der Waals surface area contributed by atoms with Gasteiger partial charge in [-0.25, -0.2) is 4.79 Å². The molecule has 1 rings (SSSR count). The minimum Gasteiger partial charge on any atom is -0.493 e. The number of hydrogen-bond acceptors (Lipinski definition) is 5. The van der Waals surface area contributed by atoms with Gasteiger partial charge in [0.1, 0.15) is 11.3 Å². The lowest BCUT2D eigenvalue weighted by Crippen LogP contribution is -2.09. The molecule has 6 heteroatoms. The van der Waals surface area contributed by atoms with Crippen molar-refractivity contribution in [3.05, 3.63) is 28.2 Å². The number of halogens is 1. The Bertz CT molecular complexity index is 473. The first-order valence-corrected chi connectivity index (χ1v) is 7.04. The Morgan fingerprint density at radius 1 is 1.30 bits per heavy atom. The maximum absolute atomic E-state index is 11.6. The average Bonchev–Trinajstić information content (AvgIpc) is 2.44. The first kappa shape index (κ1) is 16.5. The van der Waals surface area contributed by atoms with E-state index in [1.54, 1.807) is 25.1 Å². The van der Waals surface area contributed by atoms with Crippen molar-refractivity contribution in [3.8, 4) is 5.75 Å². The van der Waals surface area contributed by atoms with Crippen LogP contribution in [0.4, 0.5) is 0 Å². The number of ether oxygens (including phenoxy) is 3. The summed E-state index contributed by atoms with van der Waals surface area (Å²) in [4.78, 5) is 22.8. The van der Waals surface area contributed by atoms with Gasteiger partial charge in [-0.05, 0) is 31.5 Å². The molecule has 0 aliphatic carbocycles. The lowest BCUT2D eigenvalue weighted by Gasteiger charge is -2.10. The molecular weight excluding hydrogens is 328 g/mol. The third-order valence-corrected chi connectivity index (χ3v) is 2.93. The van der Waals surface area contributed by atoms with E-state index < -0.39 is 5.97 Å². The molecule has 110 valence electrons. The minimum atomic E-state index is -0.466. The Hall–Kier alpha value is -1.56. The molecule has 0 amide bonds. The molecule has 0 radical (unpaired) electrons. The van der Waals surface area contributed by atoms with Crippen molar-refractivity contribution in [2.45, 2.75) is 19.8 Å². The summed E-state index contributed by atoms with van der Waals surface area (Å²) in [6, 6.07) is 5.08. The van der Waals surface area contributed by atoms with Crippen molar-refractivity contribution in [2.75, 3.05) is 20.3 Å². The average molecular weight is 345 g/mol. The summed E-state index contributed by atoms with van der Waals surface area (Å²) in [5, 5.41) is 0. The van der Waals surface area contributed by atoms with Crippen LogP contribution in [0.2, 0.25) is 0 Å². The Balaban J connectivity index is 2.55. The summed E-state index contributed by atoms with van der Waals surface area (Å²) in [7, 11) is 1.31. The Morgan fingerprint density at radius 3 is 2.70 bits per heavy atom. The van der Waals surface area contributed by atoms with E-state index in [1.807, 2.05) is 0 Å². The fourth-order valence-corrected chi connectivity index (χ4v) is 1.89. The van der Waals surface area contributed by atoms with Gasteiger partial charge >= 0.3 is 11.9 Å². The summed E-state index contributed by atoms with van der Waals surface area (Å²) in [5.41, 5.74) is 0.345.